The average Bonchev–Trinajstić information content (AvgIpc) is 2.97. The normalized spacial score (nSPS) is 20.1. The van der Waals surface area contributed by atoms with Crippen molar-refractivity contribution in [2.75, 3.05) is 13.6 Å². The van der Waals surface area contributed by atoms with Crippen molar-refractivity contribution in [2.45, 2.75) is 64.1 Å². The van der Waals surface area contributed by atoms with Gasteiger partial charge in [0.15, 0.2) is 0 Å². The molecule has 2 rings (SSSR count). The standard InChI is InChI=1S/C15H27N3O/c1-4-13(2)18-10-7-14(16-18)11-17(3)12-15(19)8-5-6-9-15/h7,10,13,19H,4-6,8-9,11-12H2,1-3H3. The summed E-state index contributed by atoms with van der Waals surface area (Å²) < 4.78 is 2.04. The lowest BCUT2D eigenvalue weighted by Crippen LogP contribution is -2.38. The van der Waals surface area contributed by atoms with Gasteiger partial charge in [-0.05, 0) is 39.3 Å². The second-order valence-electron chi connectivity index (χ2n) is 6.15. The molecule has 0 aliphatic heterocycles. The van der Waals surface area contributed by atoms with Gasteiger partial charge in [-0.1, -0.05) is 19.8 Å². The van der Waals surface area contributed by atoms with E-state index in [1.807, 2.05) is 4.68 Å². The summed E-state index contributed by atoms with van der Waals surface area (Å²) in [5, 5.41) is 15.0. The Morgan fingerprint density at radius 2 is 2.16 bits per heavy atom. The Balaban J connectivity index is 1.88. The first-order valence-corrected chi connectivity index (χ1v) is 7.47. The molecule has 1 heterocycles. The molecule has 108 valence electrons. The lowest BCUT2D eigenvalue weighted by Gasteiger charge is -2.28. The molecule has 19 heavy (non-hydrogen) atoms. The van der Waals surface area contributed by atoms with Crippen molar-refractivity contribution in [1.82, 2.24) is 14.7 Å². The number of aliphatic hydroxyl groups is 1. The van der Waals surface area contributed by atoms with Crippen LogP contribution in [-0.2, 0) is 6.54 Å². The van der Waals surface area contributed by atoms with E-state index in [1.165, 1.54) is 0 Å². The average molecular weight is 265 g/mol. The number of nitrogens with zero attached hydrogens (tertiary/aromatic N) is 3. The van der Waals surface area contributed by atoms with E-state index < -0.39 is 5.60 Å². The van der Waals surface area contributed by atoms with E-state index in [-0.39, 0.29) is 0 Å². The fraction of sp³-hybridized carbons (Fsp3) is 0.800. The minimum absolute atomic E-state index is 0.457. The second-order valence-corrected chi connectivity index (χ2v) is 6.15. The molecular weight excluding hydrogens is 238 g/mol. The number of likely N-dealkylation sites (N-methyl/N-ethyl adjacent to an activating group) is 1. The van der Waals surface area contributed by atoms with Gasteiger partial charge >= 0.3 is 0 Å². The van der Waals surface area contributed by atoms with Gasteiger partial charge in [0, 0.05) is 25.3 Å². The largest absolute Gasteiger partial charge is 0.389 e. The summed E-state index contributed by atoms with van der Waals surface area (Å²) >= 11 is 0. The maximum absolute atomic E-state index is 10.4. The molecule has 1 N–H and O–H groups in total. The molecule has 1 atom stereocenters. The van der Waals surface area contributed by atoms with Crippen molar-refractivity contribution < 1.29 is 5.11 Å². The smallest absolute Gasteiger partial charge is 0.0774 e. The zero-order chi connectivity index (χ0) is 13.9. The quantitative estimate of drug-likeness (QED) is 0.859. The van der Waals surface area contributed by atoms with E-state index in [1.54, 1.807) is 0 Å². The van der Waals surface area contributed by atoms with E-state index in [9.17, 15) is 5.11 Å². The van der Waals surface area contributed by atoms with Gasteiger partial charge in [0.25, 0.3) is 0 Å². The third-order valence-electron chi connectivity index (χ3n) is 4.24. The molecule has 4 nitrogen and oxygen atoms in total. The summed E-state index contributed by atoms with van der Waals surface area (Å²) in [5.41, 5.74) is 0.623. The molecule has 1 aromatic rings. The Labute approximate surface area is 116 Å². The minimum atomic E-state index is -0.464. The minimum Gasteiger partial charge on any atom is -0.389 e. The van der Waals surface area contributed by atoms with Crippen molar-refractivity contribution >= 4 is 0 Å². The molecule has 0 spiro atoms. The van der Waals surface area contributed by atoms with Crippen LogP contribution in [0.15, 0.2) is 12.3 Å². The van der Waals surface area contributed by atoms with Crippen LogP contribution in [0.5, 0.6) is 0 Å². The monoisotopic (exact) mass is 265 g/mol. The molecule has 0 radical (unpaired) electrons. The van der Waals surface area contributed by atoms with Gasteiger partial charge in [-0.3, -0.25) is 9.58 Å². The zero-order valence-corrected chi connectivity index (χ0v) is 12.5. The molecule has 1 unspecified atom stereocenters. The Morgan fingerprint density at radius 3 is 2.79 bits per heavy atom. The summed E-state index contributed by atoms with van der Waals surface area (Å²) in [7, 11) is 2.07. The molecule has 4 heteroatoms. The number of aromatic nitrogens is 2. The zero-order valence-electron chi connectivity index (χ0n) is 12.5. The van der Waals surface area contributed by atoms with Crippen LogP contribution in [0.4, 0.5) is 0 Å². The number of hydrogen-bond donors (Lipinski definition) is 1. The number of rotatable bonds is 6. The van der Waals surface area contributed by atoms with Crippen LogP contribution in [0.2, 0.25) is 0 Å². The summed E-state index contributed by atoms with van der Waals surface area (Å²) in [6, 6.07) is 2.54. The maximum atomic E-state index is 10.4. The fourth-order valence-corrected chi connectivity index (χ4v) is 2.92. The Hall–Kier alpha value is -0.870. The van der Waals surface area contributed by atoms with Crippen LogP contribution in [0.3, 0.4) is 0 Å². The molecule has 0 aromatic carbocycles. The highest BCUT2D eigenvalue weighted by Crippen LogP contribution is 2.30. The van der Waals surface area contributed by atoms with Crippen LogP contribution >= 0.6 is 0 Å². The predicted octanol–water partition coefficient (Wildman–Crippen LogP) is 2.59. The van der Waals surface area contributed by atoms with Crippen LogP contribution in [0.25, 0.3) is 0 Å². The summed E-state index contributed by atoms with van der Waals surface area (Å²) in [5.74, 6) is 0. The van der Waals surface area contributed by atoms with Gasteiger partial charge in [0.05, 0.1) is 11.3 Å². The second kappa shape index (κ2) is 6.06. The Bertz CT molecular complexity index is 396. The van der Waals surface area contributed by atoms with Crippen molar-refractivity contribution in [2.24, 2.45) is 0 Å². The molecule has 0 saturated heterocycles. The highest BCUT2D eigenvalue weighted by molar-refractivity contribution is 5.00. The van der Waals surface area contributed by atoms with Crippen molar-refractivity contribution in [3.8, 4) is 0 Å². The summed E-state index contributed by atoms with van der Waals surface area (Å²) in [6.07, 6.45) is 7.36. The number of hydrogen-bond acceptors (Lipinski definition) is 3. The van der Waals surface area contributed by atoms with Gasteiger partial charge in [0.2, 0.25) is 0 Å². The van der Waals surface area contributed by atoms with E-state index in [0.717, 1.165) is 50.9 Å². The van der Waals surface area contributed by atoms with E-state index >= 15 is 0 Å². The SMILES string of the molecule is CCC(C)n1ccc(CN(C)CC2(O)CCCC2)n1. The molecular formula is C15H27N3O. The molecule has 1 saturated carbocycles. The van der Waals surface area contributed by atoms with E-state index in [2.05, 4.69) is 43.2 Å². The third-order valence-corrected chi connectivity index (χ3v) is 4.24. The molecule has 0 bridgehead atoms. The van der Waals surface area contributed by atoms with Crippen molar-refractivity contribution in [3.05, 3.63) is 18.0 Å². The van der Waals surface area contributed by atoms with Crippen LogP contribution in [-0.4, -0.2) is 39.0 Å². The Kier molecular flexibility index (Phi) is 4.63. The predicted molar refractivity (Wildman–Crippen MR) is 77.0 cm³/mol. The van der Waals surface area contributed by atoms with Crippen molar-refractivity contribution in [3.63, 3.8) is 0 Å². The first-order valence-electron chi connectivity index (χ1n) is 7.47. The van der Waals surface area contributed by atoms with Gasteiger partial charge in [-0.15, -0.1) is 0 Å². The van der Waals surface area contributed by atoms with Gasteiger partial charge in [-0.25, -0.2) is 0 Å². The first-order chi connectivity index (χ1) is 9.02. The molecule has 1 fully saturated rings. The van der Waals surface area contributed by atoms with Crippen LogP contribution < -0.4 is 0 Å². The highest BCUT2D eigenvalue weighted by Gasteiger charge is 2.32. The lowest BCUT2D eigenvalue weighted by atomic mass is 10.0. The molecule has 1 aliphatic carbocycles. The van der Waals surface area contributed by atoms with Crippen molar-refractivity contribution in [1.29, 1.82) is 0 Å². The third kappa shape index (κ3) is 3.80. The summed E-state index contributed by atoms with van der Waals surface area (Å²) in [6.45, 7) is 5.92. The molecule has 1 aliphatic rings. The van der Waals surface area contributed by atoms with Gasteiger partial charge < -0.3 is 5.11 Å². The summed E-state index contributed by atoms with van der Waals surface area (Å²) in [4.78, 5) is 2.19. The lowest BCUT2D eigenvalue weighted by molar-refractivity contribution is 0.0142. The first kappa shape index (κ1) is 14.5. The fourth-order valence-electron chi connectivity index (χ4n) is 2.92. The Morgan fingerprint density at radius 1 is 1.47 bits per heavy atom. The van der Waals surface area contributed by atoms with Gasteiger partial charge in [-0.2, -0.15) is 5.10 Å². The molecule has 0 amide bonds. The maximum Gasteiger partial charge on any atom is 0.0774 e. The molecule has 1 aromatic heterocycles. The topological polar surface area (TPSA) is 41.3 Å². The highest BCUT2D eigenvalue weighted by atomic mass is 16.3. The van der Waals surface area contributed by atoms with Crippen LogP contribution in [0, 0.1) is 0 Å². The van der Waals surface area contributed by atoms with Gasteiger partial charge in [0.1, 0.15) is 0 Å². The van der Waals surface area contributed by atoms with E-state index in [0.29, 0.717) is 6.04 Å². The van der Waals surface area contributed by atoms with E-state index in [4.69, 9.17) is 0 Å². The van der Waals surface area contributed by atoms with Crippen LogP contribution in [0.1, 0.15) is 57.7 Å².